The highest BCUT2D eigenvalue weighted by atomic mass is 35.5. The van der Waals surface area contributed by atoms with Gasteiger partial charge in [0.05, 0.1) is 12.5 Å². The molecule has 0 atom stereocenters. The summed E-state index contributed by atoms with van der Waals surface area (Å²) in [5.41, 5.74) is 0.539. The highest BCUT2D eigenvalue weighted by Gasteiger charge is 2.09. The molecule has 0 unspecified atom stereocenters. The monoisotopic (exact) mass is 307 g/mol. The van der Waals surface area contributed by atoms with Crippen LogP contribution in [0.15, 0.2) is 24.3 Å². The highest BCUT2D eigenvalue weighted by Crippen LogP contribution is 2.09. The number of hydrogen-bond acceptors (Lipinski definition) is 3. The second-order valence-corrected chi connectivity index (χ2v) is 5.03. The molecule has 0 aromatic heterocycles. The molecular formula is C15H18ClN3O2. The minimum Gasteiger partial charge on any atom is -0.352 e. The molecule has 2 amide bonds. The Morgan fingerprint density at radius 2 is 2.00 bits per heavy atom. The van der Waals surface area contributed by atoms with Crippen molar-refractivity contribution >= 4 is 23.4 Å². The Balaban J connectivity index is 2.25. The predicted octanol–water partition coefficient (Wildman–Crippen LogP) is 2.22. The van der Waals surface area contributed by atoms with Crippen LogP contribution in [0.5, 0.6) is 0 Å². The van der Waals surface area contributed by atoms with Gasteiger partial charge in [-0.1, -0.05) is 11.6 Å². The summed E-state index contributed by atoms with van der Waals surface area (Å²) in [4.78, 5) is 25.0. The molecule has 1 aromatic rings. The first-order valence-corrected chi connectivity index (χ1v) is 7.07. The number of carbonyl (C=O) groups excluding carboxylic acids is 2. The van der Waals surface area contributed by atoms with E-state index in [9.17, 15) is 9.59 Å². The summed E-state index contributed by atoms with van der Waals surface area (Å²) in [6, 6.07) is 8.61. The molecule has 0 spiro atoms. The topological polar surface area (TPSA) is 73.2 Å². The van der Waals surface area contributed by atoms with E-state index in [0.29, 0.717) is 42.9 Å². The smallest absolute Gasteiger partial charge is 0.251 e. The van der Waals surface area contributed by atoms with Gasteiger partial charge in [-0.15, -0.1) is 0 Å². The second-order valence-electron chi connectivity index (χ2n) is 4.59. The van der Waals surface area contributed by atoms with Crippen LogP contribution in [-0.4, -0.2) is 36.9 Å². The SMILES string of the molecule is CN(CCC#N)C(=O)CCCNC(=O)c1ccc(Cl)cc1. The maximum absolute atomic E-state index is 11.8. The third-order valence-corrected chi connectivity index (χ3v) is 3.20. The summed E-state index contributed by atoms with van der Waals surface area (Å²) >= 11 is 5.75. The molecule has 0 radical (unpaired) electrons. The molecule has 0 aliphatic rings. The third kappa shape index (κ3) is 6.28. The largest absolute Gasteiger partial charge is 0.352 e. The molecule has 0 aliphatic carbocycles. The van der Waals surface area contributed by atoms with Crippen LogP contribution in [-0.2, 0) is 4.79 Å². The van der Waals surface area contributed by atoms with Crippen molar-refractivity contribution in [1.29, 1.82) is 5.26 Å². The number of carbonyl (C=O) groups is 2. The van der Waals surface area contributed by atoms with E-state index in [0.717, 1.165) is 0 Å². The van der Waals surface area contributed by atoms with Crippen molar-refractivity contribution in [3.63, 3.8) is 0 Å². The summed E-state index contributed by atoms with van der Waals surface area (Å²) in [6.07, 6.45) is 1.24. The fraction of sp³-hybridized carbons (Fsp3) is 0.400. The average molecular weight is 308 g/mol. The van der Waals surface area contributed by atoms with Crippen LogP contribution in [0, 0.1) is 11.3 Å². The minimum atomic E-state index is -0.183. The maximum atomic E-state index is 11.8. The Bertz CT molecular complexity index is 523. The Labute approximate surface area is 129 Å². The van der Waals surface area contributed by atoms with Crippen molar-refractivity contribution in [3.05, 3.63) is 34.9 Å². The van der Waals surface area contributed by atoms with E-state index in [1.54, 1.807) is 31.3 Å². The zero-order valence-corrected chi connectivity index (χ0v) is 12.7. The van der Waals surface area contributed by atoms with Crippen LogP contribution in [0.1, 0.15) is 29.6 Å². The van der Waals surface area contributed by atoms with Gasteiger partial charge >= 0.3 is 0 Å². The molecule has 0 saturated heterocycles. The number of hydrogen-bond donors (Lipinski definition) is 1. The number of nitrogens with zero attached hydrogens (tertiary/aromatic N) is 2. The van der Waals surface area contributed by atoms with Gasteiger partial charge in [0, 0.05) is 37.1 Å². The highest BCUT2D eigenvalue weighted by molar-refractivity contribution is 6.30. The van der Waals surface area contributed by atoms with E-state index in [4.69, 9.17) is 16.9 Å². The van der Waals surface area contributed by atoms with Crippen molar-refractivity contribution in [1.82, 2.24) is 10.2 Å². The molecule has 21 heavy (non-hydrogen) atoms. The zero-order chi connectivity index (χ0) is 15.7. The van der Waals surface area contributed by atoms with E-state index in [1.807, 2.05) is 6.07 Å². The number of nitriles is 1. The van der Waals surface area contributed by atoms with E-state index in [-0.39, 0.29) is 11.8 Å². The molecule has 1 N–H and O–H groups in total. The van der Waals surface area contributed by atoms with Crippen molar-refractivity contribution in [2.24, 2.45) is 0 Å². The van der Waals surface area contributed by atoms with Gasteiger partial charge in [-0.2, -0.15) is 5.26 Å². The first-order chi connectivity index (χ1) is 10.0. The summed E-state index contributed by atoms with van der Waals surface area (Å²) < 4.78 is 0. The van der Waals surface area contributed by atoms with Crippen LogP contribution in [0.25, 0.3) is 0 Å². The third-order valence-electron chi connectivity index (χ3n) is 2.94. The van der Waals surface area contributed by atoms with Crippen molar-refractivity contribution in [2.75, 3.05) is 20.1 Å². The van der Waals surface area contributed by atoms with Gasteiger partial charge < -0.3 is 10.2 Å². The van der Waals surface area contributed by atoms with Crippen LogP contribution in [0.3, 0.4) is 0 Å². The van der Waals surface area contributed by atoms with Gasteiger partial charge in [0.2, 0.25) is 5.91 Å². The van der Waals surface area contributed by atoms with Gasteiger partial charge in [-0.3, -0.25) is 9.59 Å². The van der Waals surface area contributed by atoms with Gasteiger partial charge in [0.1, 0.15) is 0 Å². The lowest BCUT2D eigenvalue weighted by Crippen LogP contribution is -2.29. The summed E-state index contributed by atoms with van der Waals surface area (Å²) in [5, 5.41) is 11.8. The quantitative estimate of drug-likeness (QED) is 0.785. The van der Waals surface area contributed by atoms with E-state index in [1.165, 1.54) is 4.90 Å². The van der Waals surface area contributed by atoms with E-state index < -0.39 is 0 Å². The Hall–Kier alpha value is -2.06. The fourth-order valence-corrected chi connectivity index (χ4v) is 1.80. The Morgan fingerprint density at radius 3 is 2.62 bits per heavy atom. The van der Waals surface area contributed by atoms with Crippen LogP contribution >= 0.6 is 11.6 Å². The average Bonchev–Trinajstić information content (AvgIpc) is 2.49. The van der Waals surface area contributed by atoms with Crippen LogP contribution in [0.2, 0.25) is 5.02 Å². The van der Waals surface area contributed by atoms with Gasteiger partial charge in [0.25, 0.3) is 5.91 Å². The molecule has 0 heterocycles. The van der Waals surface area contributed by atoms with Crippen molar-refractivity contribution in [2.45, 2.75) is 19.3 Å². The fourth-order valence-electron chi connectivity index (χ4n) is 1.68. The van der Waals surface area contributed by atoms with E-state index in [2.05, 4.69) is 5.32 Å². The molecule has 1 aromatic carbocycles. The summed E-state index contributed by atoms with van der Waals surface area (Å²) in [6.45, 7) is 0.867. The van der Waals surface area contributed by atoms with Crippen molar-refractivity contribution < 1.29 is 9.59 Å². The normalized spacial score (nSPS) is 9.76. The molecule has 5 nitrogen and oxygen atoms in total. The summed E-state index contributed by atoms with van der Waals surface area (Å²) in [7, 11) is 1.67. The standard InChI is InChI=1S/C15H18ClN3O2/c1-19(11-3-9-17)14(20)4-2-10-18-15(21)12-5-7-13(16)8-6-12/h5-8H,2-4,10-11H2,1H3,(H,18,21). The Morgan fingerprint density at radius 1 is 1.33 bits per heavy atom. The van der Waals surface area contributed by atoms with Crippen LogP contribution < -0.4 is 5.32 Å². The molecule has 6 heteroatoms. The molecule has 0 saturated carbocycles. The number of rotatable bonds is 7. The van der Waals surface area contributed by atoms with Gasteiger partial charge in [-0.05, 0) is 30.7 Å². The lowest BCUT2D eigenvalue weighted by molar-refractivity contribution is -0.129. The number of halogens is 1. The number of benzene rings is 1. The number of amides is 2. The minimum absolute atomic E-state index is 0.0222. The number of nitrogens with one attached hydrogen (secondary N) is 1. The zero-order valence-electron chi connectivity index (χ0n) is 11.9. The molecule has 0 fully saturated rings. The molecule has 112 valence electrons. The lowest BCUT2D eigenvalue weighted by atomic mass is 10.2. The summed E-state index contributed by atoms with van der Waals surface area (Å²) in [5.74, 6) is -0.206. The molecule has 1 rings (SSSR count). The maximum Gasteiger partial charge on any atom is 0.251 e. The molecule has 0 aliphatic heterocycles. The first kappa shape index (κ1) is 17.0. The Kier molecular flexibility index (Phi) is 7.27. The van der Waals surface area contributed by atoms with Gasteiger partial charge in [0.15, 0.2) is 0 Å². The van der Waals surface area contributed by atoms with Gasteiger partial charge in [-0.25, -0.2) is 0 Å². The molecule has 0 bridgehead atoms. The predicted molar refractivity (Wildman–Crippen MR) is 80.9 cm³/mol. The first-order valence-electron chi connectivity index (χ1n) is 6.69. The van der Waals surface area contributed by atoms with Crippen molar-refractivity contribution in [3.8, 4) is 6.07 Å². The van der Waals surface area contributed by atoms with E-state index >= 15 is 0 Å². The lowest BCUT2D eigenvalue weighted by Gasteiger charge is -2.15. The molecular weight excluding hydrogens is 290 g/mol. The van der Waals surface area contributed by atoms with Crippen LogP contribution in [0.4, 0.5) is 0 Å². The second kappa shape index (κ2) is 8.98.